The number of rotatable bonds is 3. The minimum absolute atomic E-state index is 0.00834. The highest BCUT2D eigenvalue weighted by atomic mass is 79.9. The van der Waals surface area contributed by atoms with E-state index in [2.05, 4.69) is 21.2 Å². The fraction of sp³-hybridized carbons (Fsp3) is 0.385. The first-order valence-corrected chi connectivity index (χ1v) is 6.62. The SMILES string of the molecule is CCC(C)C(=O)c1cc2c(cc1Br)NC(=O)CO2. The van der Waals surface area contributed by atoms with Crippen molar-refractivity contribution in [3.05, 3.63) is 22.2 Å². The molecule has 1 amide bonds. The summed E-state index contributed by atoms with van der Waals surface area (Å²) in [6.07, 6.45) is 0.792. The van der Waals surface area contributed by atoms with E-state index in [-0.39, 0.29) is 24.2 Å². The maximum Gasteiger partial charge on any atom is 0.262 e. The number of halogens is 1. The third-order valence-electron chi connectivity index (χ3n) is 3.03. The number of ketones is 1. The van der Waals surface area contributed by atoms with Crippen molar-refractivity contribution < 1.29 is 14.3 Å². The predicted octanol–water partition coefficient (Wildman–Crippen LogP) is 3.01. The molecule has 4 nitrogen and oxygen atoms in total. The molecule has 1 heterocycles. The Bertz CT molecular complexity index is 513. The lowest BCUT2D eigenvalue weighted by Gasteiger charge is -2.20. The number of hydrogen-bond donors (Lipinski definition) is 1. The number of anilines is 1. The van der Waals surface area contributed by atoms with Crippen molar-refractivity contribution in [3.63, 3.8) is 0 Å². The molecule has 1 N–H and O–H groups in total. The second-order valence-corrected chi connectivity index (χ2v) is 5.19. The van der Waals surface area contributed by atoms with E-state index in [0.717, 1.165) is 6.42 Å². The van der Waals surface area contributed by atoms with Gasteiger partial charge in [-0.25, -0.2) is 0 Å². The Morgan fingerprint density at radius 2 is 2.28 bits per heavy atom. The Morgan fingerprint density at radius 1 is 1.56 bits per heavy atom. The van der Waals surface area contributed by atoms with E-state index in [0.29, 0.717) is 21.5 Å². The van der Waals surface area contributed by atoms with Gasteiger partial charge in [-0.1, -0.05) is 13.8 Å². The van der Waals surface area contributed by atoms with Crippen LogP contribution in [-0.2, 0) is 4.79 Å². The molecule has 1 aliphatic rings. The second-order valence-electron chi connectivity index (χ2n) is 4.34. The highest BCUT2D eigenvalue weighted by Crippen LogP contribution is 2.34. The van der Waals surface area contributed by atoms with Crippen LogP contribution in [0, 0.1) is 5.92 Å². The fourth-order valence-electron chi connectivity index (χ4n) is 1.74. The number of nitrogens with one attached hydrogen (secondary N) is 1. The van der Waals surface area contributed by atoms with Crippen LogP contribution in [-0.4, -0.2) is 18.3 Å². The van der Waals surface area contributed by atoms with Gasteiger partial charge in [0.1, 0.15) is 5.75 Å². The van der Waals surface area contributed by atoms with Crippen LogP contribution in [0.15, 0.2) is 16.6 Å². The number of benzene rings is 1. The summed E-state index contributed by atoms with van der Waals surface area (Å²) in [5.41, 5.74) is 1.19. The third-order valence-corrected chi connectivity index (χ3v) is 3.68. The van der Waals surface area contributed by atoms with Crippen LogP contribution < -0.4 is 10.1 Å². The Morgan fingerprint density at radius 3 is 2.94 bits per heavy atom. The van der Waals surface area contributed by atoms with E-state index < -0.39 is 0 Å². The lowest BCUT2D eigenvalue weighted by Crippen LogP contribution is -2.25. The molecular formula is C13H14BrNO3. The molecule has 0 radical (unpaired) electrons. The highest BCUT2D eigenvalue weighted by molar-refractivity contribution is 9.10. The monoisotopic (exact) mass is 311 g/mol. The lowest BCUT2D eigenvalue weighted by molar-refractivity contribution is -0.118. The number of carbonyl (C=O) groups is 2. The van der Waals surface area contributed by atoms with Crippen LogP contribution in [0.5, 0.6) is 5.75 Å². The molecular weight excluding hydrogens is 298 g/mol. The number of hydrogen-bond acceptors (Lipinski definition) is 3. The van der Waals surface area contributed by atoms with Crippen molar-refractivity contribution in [1.29, 1.82) is 0 Å². The van der Waals surface area contributed by atoms with Gasteiger partial charge in [-0.2, -0.15) is 0 Å². The van der Waals surface area contributed by atoms with Gasteiger partial charge in [0.05, 0.1) is 5.69 Å². The fourth-order valence-corrected chi connectivity index (χ4v) is 2.28. The average Bonchev–Trinajstić information content (AvgIpc) is 2.36. The smallest absolute Gasteiger partial charge is 0.262 e. The zero-order valence-corrected chi connectivity index (χ0v) is 11.8. The maximum absolute atomic E-state index is 12.2. The second kappa shape index (κ2) is 5.10. The topological polar surface area (TPSA) is 55.4 Å². The van der Waals surface area contributed by atoms with Crippen LogP contribution in [0.25, 0.3) is 0 Å². The molecule has 0 saturated heterocycles. The lowest BCUT2D eigenvalue weighted by atomic mass is 9.96. The third kappa shape index (κ3) is 2.41. The Balaban J connectivity index is 2.39. The van der Waals surface area contributed by atoms with Crippen molar-refractivity contribution in [2.75, 3.05) is 11.9 Å². The Labute approximate surface area is 114 Å². The van der Waals surface area contributed by atoms with Gasteiger partial charge in [0.25, 0.3) is 5.91 Å². The molecule has 0 aromatic heterocycles. The van der Waals surface area contributed by atoms with E-state index in [1.165, 1.54) is 0 Å². The molecule has 96 valence electrons. The predicted molar refractivity (Wildman–Crippen MR) is 72.1 cm³/mol. The van der Waals surface area contributed by atoms with E-state index in [4.69, 9.17) is 4.74 Å². The summed E-state index contributed by atoms with van der Waals surface area (Å²) >= 11 is 3.37. The van der Waals surface area contributed by atoms with Crippen molar-refractivity contribution in [2.45, 2.75) is 20.3 Å². The number of Topliss-reactive ketones (excluding diaryl/α,β-unsaturated/α-hetero) is 1. The van der Waals surface area contributed by atoms with E-state index >= 15 is 0 Å². The van der Waals surface area contributed by atoms with Gasteiger partial charge in [-0.05, 0) is 34.5 Å². The minimum atomic E-state index is -0.185. The van der Waals surface area contributed by atoms with Crippen LogP contribution in [0.1, 0.15) is 30.6 Å². The molecule has 1 atom stereocenters. The first kappa shape index (κ1) is 13.1. The highest BCUT2D eigenvalue weighted by Gasteiger charge is 2.22. The molecule has 0 spiro atoms. The number of fused-ring (bicyclic) bond motifs is 1. The maximum atomic E-state index is 12.2. The summed E-state index contributed by atoms with van der Waals surface area (Å²) in [6, 6.07) is 3.40. The molecule has 5 heteroatoms. The molecule has 0 bridgehead atoms. The zero-order valence-electron chi connectivity index (χ0n) is 10.2. The first-order chi connectivity index (χ1) is 8.52. The zero-order chi connectivity index (χ0) is 13.3. The number of ether oxygens (including phenoxy) is 1. The molecule has 0 aliphatic carbocycles. The van der Waals surface area contributed by atoms with E-state index in [1.807, 2.05) is 13.8 Å². The Hall–Kier alpha value is -1.36. The molecule has 1 aromatic carbocycles. The molecule has 0 fully saturated rings. The number of amides is 1. The van der Waals surface area contributed by atoms with Gasteiger partial charge < -0.3 is 10.1 Å². The quantitative estimate of drug-likeness (QED) is 0.873. The van der Waals surface area contributed by atoms with Crippen LogP contribution >= 0.6 is 15.9 Å². The summed E-state index contributed by atoms with van der Waals surface area (Å²) in [5, 5.41) is 2.70. The summed E-state index contributed by atoms with van der Waals surface area (Å²) in [7, 11) is 0. The standard InChI is InChI=1S/C13H14BrNO3/c1-3-7(2)13(17)8-4-11-10(5-9(8)14)15-12(16)6-18-11/h4-5,7H,3,6H2,1-2H3,(H,15,16). The summed E-state index contributed by atoms with van der Waals surface area (Å²) in [4.78, 5) is 23.4. The van der Waals surface area contributed by atoms with Crippen molar-refractivity contribution in [1.82, 2.24) is 0 Å². The summed E-state index contributed by atoms with van der Waals surface area (Å²) in [5.74, 6) is 0.407. The van der Waals surface area contributed by atoms with Crippen LogP contribution in [0.2, 0.25) is 0 Å². The van der Waals surface area contributed by atoms with Crippen molar-refractivity contribution in [2.24, 2.45) is 5.92 Å². The number of carbonyl (C=O) groups excluding carboxylic acids is 2. The molecule has 0 saturated carbocycles. The van der Waals surface area contributed by atoms with Gasteiger partial charge in [0.15, 0.2) is 12.4 Å². The van der Waals surface area contributed by atoms with Gasteiger partial charge in [0, 0.05) is 16.0 Å². The van der Waals surface area contributed by atoms with Crippen LogP contribution in [0.3, 0.4) is 0 Å². The summed E-state index contributed by atoms with van der Waals surface area (Å²) < 4.78 is 5.99. The van der Waals surface area contributed by atoms with Crippen LogP contribution in [0.4, 0.5) is 5.69 Å². The van der Waals surface area contributed by atoms with E-state index in [1.54, 1.807) is 12.1 Å². The normalized spacial score (nSPS) is 15.4. The first-order valence-electron chi connectivity index (χ1n) is 5.83. The van der Waals surface area contributed by atoms with Crippen molar-refractivity contribution >= 4 is 33.3 Å². The van der Waals surface area contributed by atoms with Crippen molar-refractivity contribution in [3.8, 4) is 5.75 Å². The minimum Gasteiger partial charge on any atom is -0.482 e. The largest absolute Gasteiger partial charge is 0.482 e. The molecule has 1 aromatic rings. The van der Waals surface area contributed by atoms with Gasteiger partial charge in [-0.15, -0.1) is 0 Å². The van der Waals surface area contributed by atoms with Gasteiger partial charge in [0.2, 0.25) is 0 Å². The molecule has 2 rings (SSSR count). The Kier molecular flexibility index (Phi) is 3.71. The molecule has 18 heavy (non-hydrogen) atoms. The van der Waals surface area contributed by atoms with Gasteiger partial charge in [-0.3, -0.25) is 9.59 Å². The average molecular weight is 312 g/mol. The molecule has 1 aliphatic heterocycles. The summed E-state index contributed by atoms with van der Waals surface area (Å²) in [6.45, 7) is 3.87. The van der Waals surface area contributed by atoms with E-state index in [9.17, 15) is 9.59 Å². The molecule has 1 unspecified atom stereocenters. The van der Waals surface area contributed by atoms with Gasteiger partial charge >= 0.3 is 0 Å².